The minimum absolute atomic E-state index is 0.111. The van der Waals surface area contributed by atoms with E-state index in [0.29, 0.717) is 25.1 Å². The smallest absolute Gasteiger partial charge is 0.355 e. The SMILES string of the molecule is CCOC(=O)c1[nH]c2ccccc2c1CCC(C)=O. The fourth-order valence-electron chi connectivity index (χ4n) is 2.14. The minimum Gasteiger partial charge on any atom is -0.461 e. The van der Waals surface area contributed by atoms with Gasteiger partial charge < -0.3 is 14.5 Å². The Bertz CT molecular complexity index is 613. The Morgan fingerprint density at radius 3 is 2.68 bits per heavy atom. The summed E-state index contributed by atoms with van der Waals surface area (Å²) in [6, 6.07) is 7.68. The molecule has 1 aromatic heterocycles. The predicted molar refractivity (Wildman–Crippen MR) is 73.3 cm³/mol. The summed E-state index contributed by atoms with van der Waals surface area (Å²) in [7, 11) is 0. The highest BCUT2D eigenvalue weighted by molar-refractivity contribution is 5.98. The van der Waals surface area contributed by atoms with Crippen LogP contribution in [-0.4, -0.2) is 23.3 Å². The molecular formula is C15H17NO3. The van der Waals surface area contributed by atoms with Crippen LogP contribution in [0.15, 0.2) is 24.3 Å². The van der Waals surface area contributed by atoms with Gasteiger partial charge in [0.05, 0.1) is 6.61 Å². The van der Waals surface area contributed by atoms with Gasteiger partial charge in [-0.25, -0.2) is 4.79 Å². The summed E-state index contributed by atoms with van der Waals surface area (Å²) >= 11 is 0. The van der Waals surface area contributed by atoms with E-state index in [1.54, 1.807) is 13.8 Å². The van der Waals surface area contributed by atoms with Gasteiger partial charge in [-0.2, -0.15) is 0 Å². The molecular weight excluding hydrogens is 242 g/mol. The third-order valence-corrected chi connectivity index (χ3v) is 3.02. The molecule has 1 heterocycles. The molecule has 19 heavy (non-hydrogen) atoms. The lowest BCUT2D eigenvalue weighted by atomic mass is 10.0. The van der Waals surface area contributed by atoms with E-state index in [0.717, 1.165) is 16.5 Å². The van der Waals surface area contributed by atoms with Crippen molar-refractivity contribution < 1.29 is 14.3 Å². The van der Waals surface area contributed by atoms with Crippen LogP contribution in [-0.2, 0) is 16.0 Å². The maximum absolute atomic E-state index is 11.9. The molecule has 0 atom stereocenters. The second-order valence-corrected chi connectivity index (χ2v) is 4.45. The van der Waals surface area contributed by atoms with Gasteiger partial charge in [0.15, 0.2) is 0 Å². The van der Waals surface area contributed by atoms with E-state index < -0.39 is 0 Å². The first kappa shape index (κ1) is 13.3. The molecule has 0 aliphatic rings. The number of para-hydroxylation sites is 1. The Morgan fingerprint density at radius 2 is 2.00 bits per heavy atom. The van der Waals surface area contributed by atoms with Gasteiger partial charge in [0.25, 0.3) is 0 Å². The van der Waals surface area contributed by atoms with E-state index in [2.05, 4.69) is 4.98 Å². The number of rotatable bonds is 5. The van der Waals surface area contributed by atoms with Gasteiger partial charge in [-0.3, -0.25) is 0 Å². The Hall–Kier alpha value is -2.10. The normalized spacial score (nSPS) is 10.6. The minimum atomic E-state index is -0.364. The fraction of sp³-hybridized carbons (Fsp3) is 0.333. The molecule has 0 aliphatic carbocycles. The molecule has 0 aliphatic heterocycles. The van der Waals surface area contributed by atoms with Crippen molar-refractivity contribution in [3.8, 4) is 0 Å². The van der Waals surface area contributed by atoms with Crippen LogP contribution in [0.1, 0.15) is 36.3 Å². The number of hydrogen-bond acceptors (Lipinski definition) is 3. The molecule has 4 heteroatoms. The summed E-state index contributed by atoms with van der Waals surface area (Å²) < 4.78 is 5.05. The molecule has 4 nitrogen and oxygen atoms in total. The quantitative estimate of drug-likeness (QED) is 0.840. The highest BCUT2D eigenvalue weighted by Crippen LogP contribution is 2.24. The molecule has 0 radical (unpaired) electrons. The van der Waals surface area contributed by atoms with Gasteiger partial charge in [-0.05, 0) is 31.9 Å². The third kappa shape index (κ3) is 2.84. The van der Waals surface area contributed by atoms with E-state index in [1.807, 2.05) is 24.3 Å². The van der Waals surface area contributed by atoms with Crippen molar-refractivity contribution in [2.45, 2.75) is 26.7 Å². The van der Waals surface area contributed by atoms with Crippen LogP contribution in [0.5, 0.6) is 0 Å². The monoisotopic (exact) mass is 259 g/mol. The molecule has 0 unspecified atom stereocenters. The highest BCUT2D eigenvalue weighted by Gasteiger charge is 2.18. The lowest BCUT2D eigenvalue weighted by Gasteiger charge is -2.03. The summed E-state index contributed by atoms with van der Waals surface area (Å²) in [5, 5.41) is 0.979. The molecule has 2 aromatic rings. The third-order valence-electron chi connectivity index (χ3n) is 3.02. The van der Waals surface area contributed by atoms with Gasteiger partial charge in [-0.15, -0.1) is 0 Å². The number of benzene rings is 1. The van der Waals surface area contributed by atoms with E-state index in [4.69, 9.17) is 4.74 Å². The molecule has 0 amide bonds. The predicted octanol–water partition coefficient (Wildman–Crippen LogP) is 2.87. The lowest BCUT2D eigenvalue weighted by molar-refractivity contribution is -0.116. The number of fused-ring (bicyclic) bond motifs is 1. The van der Waals surface area contributed by atoms with Crippen LogP contribution >= 0.6 is 0 Å². The van der Waals surface area contributed by atoms with Crippen LogP contribution in [0.25, 0.3) is 10.9 Å². The zero-order chi connectivity index (χ0) is 13.8. The zero-order valence-electron chi connectivity index (χ0n) is 11.2. The lowest BCUT2D eigenvalue weighted by Crippen LogP contribution is -2.08. The largest absolute Gasteiger partial charge is 0.461 e. The van der Waals surface area contributed by atoms with E-state index in [-0.39, 0.29) is 11.8 Å². The molecule has 1 aromatic carbocycles. The van der Waals surface area contributed by atoms with E-state index in [9.17, 15) is 9.59 Å². The first-order valence-corrected chi connectivity index (χ1v) is 6.39. The van der Waals surface area contributed by atoms with Crippen LogP contribution in [0.2, 0.25) is 0 Å². The number of nitrogens with one attached hydrogen (secondary N) is 1. The number of ether oxygens (including phenoxy) is 1. The topological polar surface area (TPSA) is 59.2 Å². The molecule has 0 saturated carbocycles. The molecule has 0 spiro atoms. The van der Waals surface area contributed by atoms with Gasteiger partial charge in [0, 0.05) is 17.3 Å². The second-order valence-electron chi connectivity index (χ2n) is 4.45. The standard InChI is InChI=1S/C15H17NO3/c1-3-19-15(18)14-12(9-8-10(2)17)11-6-4-5-7-13(11)16-14/h4-7,16H,3,8-9H2,1-2H3. The first-order chi connectivity index (χ1) is 9.13. The molecule has 100 valence electrons. The van der Waals surface area contributed by atoms with Gasteiger partial charge in [0.2, 0.25) is 0 Å². The Morgan fingerprint density at radius 1 is 1.26 bits per heavy atom. The fourth-order valence-corrected chi connectivity index (χ4v) is 2.14. The van der Waals surface area contributed by atoms with Crippen molar-refractivity contribution in [3.63, 3.8) is 0 Å². The number of ketones is 1. The number of hydrogen-bond donors (Lipinski definition) is 1. The van der Waals surface area contributed by atoms with Crippen molar-refractivity contribution in [3.05, 3.63) is 35.5 Å². The van der Waals surface area contributed by atoms with Crippen LogP contribution < -0.4 is 0 Å². The summed E-state index contributed by atoms with van der Waals surface area (Å²) in [4.78, 5) is 26.2. The number of aryl methyl sites for hydroxylation is 1. The molecule has 2 rings (SSSR count). The number of aromatic nitrogens is 1. The highest BCUT2D eigenvalue weighted by atomic mass is 16.5. The van der Waals surface area contributed by atoms with Crippen molar-refractivity contribution >= 4 is 22.7 Å². The maximum atomic E-state index is 11.9. The van der Waals surface area contributed by atoms with Crippen molar-refractivity contribution in [2.24, 2.45) is 0 Å². The van der Waals surface area contributed by atoms with E-state index in [1.165, 1.54) is 0 Å². The van der Waals surface area contributed by atoms with Crippen molar-refractivity contribution in [2.75, 3.05) is 6.61 Å². The number of Topliss-reactive ketones (excluding diaryl/α,β-unsaturated/α-hetero) is 1. The Kier molecular flexibility index (Phi) is 4.00. The average Bonchev–Trinajstić information content (AvgIpc) is 2.75. The van der Waals surface area contributed by atoms with E-state index >= 15 is 0 Å². The number of carbonyl (C=O) groups is 2. The zero-order valence-corrected chi connectivity index (χ0v) is 11.2. The number of esters is 1. The molecule has 0 fully saturated rings. The van der Waals surface area contributed by atoms with Crippen molar-refractivity contribution in [1.82, 2.24) is 4.98 Å². The molecule has 0 bridgehead atoms. The van der Waals surface area contributed by atoms with Crippen molar-refractivity contribution in [1.29, 1.82) is 0 Å². The van der Waals surface area contributed by atoms with Crippen LogP contribution in [0, 0.1) is 0 Å². The summed E-state index contributed by atoms with van der Waals surface area (Å²) in [5.41, 5.74) is 2.22. The van der Waals surface area contributed by atoms with Crippen LogP contribution in [0.3, 0.4) is 0 Å². The second kappa shape index (κ2) is 5.69. The average molecular weight is 259 g/mol. The number of carbonyl (C=O) groups excluding carboxylic acids is 2. The first-order valence-electron chi connectivity index (χ1n) is 6.39. The maximum Gasteiger partial charge on any atom is 0.355 e. The summed E-state index contributed by atoms with van der Waals surface area (Å²) in [6.45, 7) is 3.66. The number of aromatic amines is 1. The molecule has 1 N–H and O–H groups in total. The van der Waals surface area contributed by atoms with Crippen LogP contribution in [0.4, 0.5) is 0 Å². The van der Waals surface area contributed by atoms with Gasteiger partial charge >= 0.3 is 5.97 Å². The van der Waals surface area contributed by atoms with Gasteiger partial charge in [0.1, 0.15) is 11.5 Å². The van der Waals surface area contributed by atoms with Gasteiger partial charge in [-0.1, -0.05) is 18.2 Å². The Balaban J connectivity index is 2.45. The molecule has 0 saturated heterocycles. The number of H-pyrrole nitrogens is 1. The Labute approximate surface area is 111 Å². The summed E-state index contributed by atoms with van der Waals surface area (Å²) in [6.07, 6.45) is 0.974. The summed E-state index contributed by atoms with van der Waals surface area (Å²) in [5.74, 6) is -0.252.